The van der Waals surface area contributed by atoms with E-state index in [2.05, 4.69) is 311 Å². The average molecular weight is 2560 g/mol. The molecule has 0 unspecified atom stereocenters. The van der Waals surface area contributed by atoms with E-state index in [-0.39, 0.29) is 74.3 Å². The third-order valence-electron chi connectivity index (χ3n) is 23.9. The SMILES string of the molecule is C=CC(C=C)OC(=O)CCCc1ccc(-c2ccc(-c3ccc(-c4ccc(CCCC(=O)OC(C=C)C=C)cc4)s3)s2)cc1.CC(=O)OI(OC(C)=O)c1ccccc1.CC1(C)OB(c2ccc(-c3ccc(B4OC(C)(C)C(C)(C)O4)s3)s2)OC1(C)C.II.O=C(O)CCCc1ccc(-c2ccc(-c3ccc(-c4ccc(CCCC(=O)O)cc4)s3)s2)cc1.O=C(O)CCCc1ccc(I)cc1.O=C(O)CCCc1ccccc1. The number of thiophene rings is 6. The second-order valence-electron chi connectivity index (χ2n) is 36.3. The number of esters is 2. The Morgan fingerprint density at radius 1 is 0.318 bits per heavy atom. The summed E-state index contributed by atoms with van der Waals surface area (Å²) in [5.74, 6) is -4.24. The van der Waals surface area contributed by atoms with Crippen molar-refractivity contribution in [2.75, 3.05) is 0 Å². The van der Waals surface area contributed by atoms with Crippen LogP contribution in [0.1, 0.15) is 180 Å². The molecule has 0 saturated carbocycles. The van der Waals surface area contributed by atoms with Crippen molar-refractivity contribution < 1.29 is 93.0 Å². The van der Waals surface area contributed by atoms with Gasteiger partial charge in [0.15, 0.2) is 0 Å². The zero-order chi connectivity index (χ0) is 108. The first-order valence-electron chi connectivity index (χ1n) is 48.3. The average Bonchev–Trinajstić information content (AvgIpc) is 1.61. The van der Waals surface area contributed by atoms with Crippen LogP contribution in [-0.2, 0) is 111 Å². The number of rotatable bonds is 42. The normalized spacial score (nSPS) is 13.2. The van der Waals surface area contributed by atoms with Crippen molar-refractivity contribution in [3.8, 4) is 71.0 Å². The summed E-state index contributed by atoms with van der Waals surface area (Å²) in [7, 11) is -0.627. The Labute approximate surface area is 939 Å². The molecule has 780 valence electrons. The van der Waals surface area contributed by atoms with Gasteiger partial charge in [-0.2, -0.15) is 0 Å². The van der Waals surface area contributed by atoms with Crippen LogP contribution in [0.15, 0.2) is 305 Å². The molecule has 0 amide bonds. The van der Waals surface area contributed by atoms with E-state index in [1.807, 2.05) is 72.8 Å². The van der Waals surface area contributed by atoms with Crippen molar-refractivity contribution in [3.63, 3.8) is 0 Å². The zero-order valence-electron chi connectivity index (χ0n) is 84.7. The van der Waals surface area contributed by atoms with Gasteiger partial charge in [-0.05, 0) is 308 Å². The van der Waals surface area contributed by atoms with E-state index in [1.165, 1.54) is 111 Å². The second-order valence-corrected chi connectivity index (χ2v) is 47.5. The largest absolute Gasteiger partial charge is 0.505 e. The number of aliphatic carboxylic acids is 4. The quantitative estimate of drug-likeness (QED) is 0.0120. The third kappa shape index (κ3) is 40.5. The van der Waals surface area contributed by atoms with Gasteiger partial charge in [0.05, 0.1) is 22.4 Å². The van der Waals surface area contributed by atoms with E-state index < -0.39 is 68.7 Å². The van der Waals surface area contributed by atoms with Crippen LogP contribution < -0.4 is 9.55 Å². The van der Waals surface area contributed by atoms with Crippen molar-refractivity contribution in [3.05, 3.63) is 346 Å². The summed E-state index contributed by atoms with van der Waals surface area (Å²) in [5, 5.41) is 34.4. The standard InChI is InChI=1S/C38H38O4S2.C28H26O4S2.C20H28B2O4S2.C10H11IO4.C10H11IO2.C10H12O2.I2/c1-5-31(6-2)41-37(39)13-9-11-27-15-19-29(20-16-27)33-23-25-35(43-33)36-26-24-34(44-36)30-21-17-28(18-22-30)12-10-14-38(40)42-32(7-3)8-4;29-27(30)5-1-3-19-7-11-21(12-8-19)23-15-17-25(33-23)26-18-16-24(34-26)22-13-9-20(10-14-22)4-2-6-28(31)32;1-17(2)18(3,4)24-21(23-17)15-11-9-13(27-15)14-10-12-16(28-14)22-25-19(5,6)20(7,8)26-22;1-8(12)14-11(15-9(2)13)10-6-4-3-5-7-10;11-9-6-4-8(5-7-9)2-1-3-10(12)13;11-10(12)8-4-7-9-5-2-1-3-6-9;1-2/h5-8,15-26,31-32H,1-4,9-14H2;7-18H,1-6H2,(H,29,30)(H,31,32);9-12H,1-8H3;3-7H,1-2H3;4-7H,1-3H2,(H,12,13);1-3,5-6H,4,7-8H2,(H,11,12);. The van der Waals surface area contributed by atoms with Crippen molar-refractivity contribution in [2.24, 2.45) is 0 Å². The molecule has 2 aliphatic heterocycles. The number of aryl methyl sites for hydroxylation is 6. The van der Waals surface area contributed by atoms with Gasteiger partial charge >= 0.3 is 146 Å². The Balaban J connectivity index is 0.000000209. The van der Waals surface area contributed by atoms with E-state index in [0.717, 1.165) is 88.5 Å². The van der Waals surface area contributed by atoms with Gasteiger partial charge in [0.2, 0.25) is 0 Å². The van der Waals surface area contributed by atoms with Gasteiger partial charge in [0, 0.05) is 138 Å². The molecular weight excluding hydrogens is 2430 g/mol. The van der Waals surface area contributed by atoms with Crippen LogP contribution in [0.2, 0.25) is 0 Å². The van der Waals surface area contributed by atoms with E-state index >= 15 is 0 Å². The maximum absolute atomic E-state index is 12.0. The van der Waals surface area contributed by atoms with Gasteiger partial charge in [0.25, 0.3) is 0 Å². The number of benzene rings is 7. The summed E-state index contributed by atoms with van der Waals surface area (Å²) in [6, 6.07) is 87.0. The van der Waals surface area contributed by atoms with Gasteiger partial charge in [0.1, 0.15) is 12.2 Å². The van der Waals surface area contributed by atoms with Crippen LogP contribution in [0.3, 0.4) is 0 Å². The molecular formula is C116H126B2I4O20S6. The zero-order valence-corrected chi connectivity index (χ0v) is 98.2. The summed E-state index contributed by atoms with van der Waals surface area (Å²) in [4.78, 5) is 99.7. The molecule has 2 fully saturated rings. The van der Waals surface area contributed by atoms with E-state index in [4.69, 9.17) is 54.6 Å². The fourth-order valence-electron chi connectivity index (χ4n) is 14.6. The molecule has 148 heavy (non-hydrogen) atoms. The smallest absolute Gasteiger partial charge is 0.481 e. The van der Waals surface area contributed by atoms with Gasteiger partial charge < -0.3 is 48.5 Å². The van der Waals surface area contributed by atoms with Crippen molar-refractivity contribution in [1.82, 2.24) is 0 Å². The summed E-state index contributed by atoms with van der Waals surface area (Å²) in [5.41, 5.74) is 10.6. The third-order valence-corrected chi connectivity index (χ3v) is 35.8. The molecule has 0 radical (unpaired) electrons. The molecule has 2 aliphatic rings. The number of hydrogen-bond donors (Lipinski definition) is 4. The summed E-state index contributed by atoms with van der Waals surface area (Å²) in [6.45, 7) is 33.8. The Bertz CT molecular complexity index is 6070. The molecule has 2 saturated heterocycles. The molecule has 6 aromatic heterocycles. The maximum atomic E-state index is 12.0. The Hall–Kier alpha value is -9.65. The van der Waals surface area contributed by atoms with Crippen LogP contribution in [-0.4, -0.2) is 117 Å². The maximum Gasteiger partial charge on any atom is 0.505 e. The van der Waals surface area contributed by atoms with E-state index in [9.17, 15) is 38.4 Å². The monoisotopic (exact) mass is 2560 g/mol. The molecule has 13 aromatic rings. The number of ether oxygens (including phenoxy) is 2. The van der Waals surface area contributed by atoms with Gasteiger partial charge in [-0.3, -0.25) is 28.8 Å². The predicted octanol–water partition coefficient (Wildman–Crippen LogP) is 30.6. The first-order valence-corrected chi connectivity index (χ1v) is 63.4. The molecule has 8 heterocycles. The van der Waals surface area contributed by atoms with Crippen LogP contribution >= 0.6 is 148 Å². The van der Waals surface area contributed by atoms with Crippen LogP contribution in [0.25, 0.3) is 71.0 Å². The molecule has 0 aliphatic carbocycles. The van der Waals surface area contributed by atoms with Crippen LogP contribution in [0.5, 0.6) is 0 Å². The van der Waals surface area contributed by atoms with Crippen molar-refractivity contribution in [2.45, 2.75) is 219 Å². The molecule has 7 aromatic carbocycles. The first kappa shape index (κ1) is 122. The van der Waals surface area contributed by atoms with E-state index in [0.29, 0.717) is 25.7 Å². The van der Waals surface area contributed by atoms with Gasteiger partial charge in [-0.15, -0.1) is 68.0 Å². The molecule has 32 heteroatoms. The van der Waals surface area contributed by atoms with Crippen LogP contribution in [0, 0.1) is 7.14 Å². The molecule has 20 nitrogen and oxygen atoms in total. The number of carboxylic acid groups (broad SMARTS) is 4. The molecule has 0 spiro atoms. The predicted molar refractivity (Wildman–Crippen MR) is 641 cm³/mol. The van der Waals surface area contributed by atoms with E-state index in [1.54, 1.807) is 104 Å². The minimum atomic E-state index is -2.59. The fourth-order valence-corrected chi connectivity index (χ4v) is 23.9. The fraction of sp³-hybridized carbons (Fsp3) is 0.293. The summed E-state index contributed by atoms with van der Waals surface area (Å²) < 4.78 is 49.5. The van der Waals surface area contributed by atoms with Gasteiger partial charge in [-0.25, -0.2) is 0 Å². The van der Waals surface area contributed by atoms with Crippen molar-refractivity contribution >= 4 is 220 Å². The number of carbonyl (C=O) groups is 8. The minimum absolute atomic E-state index is 0.204. The summed E-state index contributed by atoms with van der Waals surface area (Å²) in [6.07, 6.45) is 16.2. The Morgan fingerprint density at radius 3 is 0.791 bits per heavy atom. The minimum Gasteiger partial charge on any atom is -0.481 e. The number of carboxylic acids is 4. The van der Waals surface area contributed by atoms with Crippen molar-refractivity contribution in [1.29, 1.82) is 0 Å². The number of hydrogen-bond acceptors (Lipinski definition) is 22. The molecule has 0 atom stereocenters. The Morgan fingerprint density at radius 2 is 0.541 bits per heavy atom. The first-order chi connectivity index (χ1) is 70.8. The molecule has 0 bridgehead atoms. The Kier molecular flexibility index (Phi) is 50.8. The number of halogens is 4. The topological polar surface area (TPSA) is 291 Å². The summed E-state index contributed by atoms with van der Waals surface area (Å²) >= 11 is 14.5. The molecule has 15 rings (SSSR count). The van der Waals surface area contributed by atoms with Crippen LogP contribution in [0.4, 0.5) is 0 Å². The second kappa shape index (κ2) is 61.8. The van der Waals surface area contributed by atoms with Gasteiger partial charge in [-0.1, -0.05) is 178 Å². The number of carbonyl (C=O) groups excluding carboxylic acids is 4. The molecule has 4 N–H and O–H groups in total.